The van der Waals surface area contributed by atoms with E-state index >= 15 is 0 Å². The van der Waals surface area contributed by atoms with Gasteiger partial charge in [0.05, 0.1) is 32.2 Å². The van der Waals surface area contributed by atoms with Gasteiger partial charge in [-0.05, 0) is 36.6 Å². The molecule has 3 aromatic carbocycles. The summed E-state index contributed by atoms with van der Waals surface area (Å²) in [6.45, 7) is 6.10. The Morgan fingerprint density at radius 3 is 2.70 bits per heavy atom. The average molecular weight is 460 g/mol. The molecule has 6 nitrogen and oxygen atoms in total. The zero-order valence-corrected chi connectivity index (χ0v) is 19.6. The molecule has 4 aromatic rings. The van der Waals surface area contributed by atoms with E-state index in [0.29, 0.717) is 34.1 Å². The predicted molar refractivity (Wildman–Crippen MR) is 135 cm³/mol. The van der Waals surface area contributed by atoms with Crippen LogP contribution in [0.2, 0.25) is 0 Å². The lowest BCUT2D eigenvalue weighted by Crippen LogP contribution is -2.15. The molecule has 0 radical (unpaired) electrons. The number of aromatic nitrogens is 1. The van der Waals surface area contributed by atoms with E-state index in [4.69, 9.17) is 14.6 Å². The van der Waals surface area contributed by atoms with Gasteiger partial charge < -0.3 is 14.6 Å². The fraction of sp³-hybridized carbons (Fsp3) is 0.154. The Bertz CT molecular complexity index is 1420. The first kappa shape index (κ1) is 22.4. The number of aromatic hydroxyl groups is 1. The minimum atomic E-state index is 0.204. The summed E-state index contributed by atoms with van der Waals surface area (Å²) in [7, 11) is 3.26. The number of fused-ring (bicyclic) bond motifs is 1. The molecule has 7 heteroatoms. The number of phenolic OH excluding ortho intramolecular Hbond substituents is 1. The van der Waals surface area contributed by atoms with Gasteiger partial charge in [-0.25, -0.2) is 4.68 Å². The van der Waals surface area contributed by atoms with Gasteiger partial charge in [-0.15, -0.1) is 17.9 Å². The molecular formula is C26H25N3O3S. The fourth-order valence-electron chi connectivity index (χ4n) is 3.60. The Kier molecular flexibility index (Phi) is 6.60. The summed E-state index contributed by atoms with van der Waals surface area (Å²) in [6.07, 6.45) is 1.74. The van der Waals surface area contributed by atoms with Crippen LogP contribution in [0.5, 0.6) is 17.2 Å². The molecule has 168 valence electrons. The van der Waals surface area contributed by atoms with E-state index in [0.717, 1.165) is 22.0 Å². The van der Waals surface area contributed by atoms with Gasteiger partial charge in [-0.1, -0.05) is 36.4 Å². The third-order valence-electron chi connectivity index (χ3n) is 5.26. The monoisotopic (exact) mass is 459 g/mol. The molecule has 1 N–H and O–H groups in total. The van der Waals surface area contributed by atoms with E-state index in [1.54, 1.807) is 25.0 Å². The van der Waals surface area contributed by atoms with Gasteiger partial charge in [0, 0.05) is 21.9 Å². The van der Waals surface area contributed by atoms with Crippen molar-refractivity contribution in [2.24, 2.45) is 10.1 Å². The van der Waals surface area contributed by atoms with Crippen LogP contribution in [0.15, 0.2) is 82.7 Å². The second-order valence-electron chi connectivity index (χ2n) is 7.28. The maximum Gasteiger partial charge on any atom is 0.206 e. The zero-order valence-electron chi connectivity index (χ0n) is 18.8. The van der Waals surface area contributed by atoms with Crippen LogP contribution in [0.4, 0.5) is 0 Å². The van der Waals surface area contributed by atoms with Gasteiger partial charge in [-0.2, -0.15) is 5.10 Å². The van der Waals surface area contributed by atoms with Crippen molar-refractivity contribution in [3.63, 3.8) is 0 Å². The maximum absolute atomic E-state index is 10.9. The molecule has 0 atom stereocenters. The number of hydrogen-bond acceptors (Lipinski definition) is 6. The summed E-state index contributed by atoms with van der Waals surface area (Å²) in [4.78, 5) is 5.31. The number of benzene rings is 3. The molecule has 0 saturated carbocycles. The van der Waals surface area contributed by atoms with Gasteiger partial charge in [0.15, 0.2) is 0 Å². The topological polar surface area (TPSA) is 68.3 Å². The second-order valence-corrected chi connectivity index (χ2v) is 8.12. The van der Waals surface area contributed by atoms with Crippen LogP contribution in [0.1, 0.15) is 12.5 Å². The average Bonchev–Trinajstić information content (AvgIpc) is 3.24. The van der Waals surface area contributed by atoms with Gasteiger partial charge in [0.2, 0.25) is 4.80 Å². The van der Waals surface area contributed by atoms with Crippen molar-refractivity contribution in [2.45, 2.75) is 6.92 Å². The molecule has 1 heterocycles. The third kappa shape index (κ3) is 4.40. The predicted octanol–water partition coefficient (Wildman–Crippen LogP) is 5.45. The first-order chi connectivity index (χ1) is 16.1. The quantitative estimate of drug-likeness (QED) is 0.295. The van der Waals surface area contributed by atoms with Crippen LogP contribution in [-0.2, 0) is 0 Å². The molecule has 0 bridgehead atoms. The summed E-state index contributed by atoms with van der Waals surface area (Å²) < 4.78 is 12.8. The summed E-state index contributed by atoms with van der Waals surface area (Å²) in [5.41, 5.74) is 2.94. The summed E-state index contributed by atoms with van der Waals surface area (Å²) in [6, 6.07) is 17.2. The number of thiazole rings is 1. The van der Waals surface area contributed by atoms with E-state index in [9.17, 15) is 5.11 Å². The van der Waals surface area contributed by atoms with Crippen molar-refractivity contribution in [1.82, 2.24) is 4.68 Å². The SMILES string of the molecule is C=CCN=c1scc(-c2cc(OC)ccc2OC)n1N=C(C)c1ccc2ccccc2c1O. The molecule has 0 amide bonds. The van der Waals surface area contributed by atoms with Crippen LogP contribution in [0.3, 0.4) is 0 Å². The third-order valence-corrected chi connectivity index (χ3v) is 6.12. The largest absolute Gasteiger partial charge is 0.507 e. The van der Waals surface area contributed by atoms with Gasteiger partial charge in [0.25, 0.3) is 0 Å². The number of ether oxygens (including phenoxy) is 2. The van der Waals surface area contributed by atoms with E-state index in [2.05, 4.69) is 11.6 Å². The number of methoxy groups -OCH3 is 2. The maximum atomic E-state index is 10.9. The molecule has 0 fully saturated rings. The first-order valence-corrected chi connectivity index (χ1v) is 11.3. The minimum Gasteiger partial charge on any atom is -0.507 e. The Hall–Kier alpha value is -3.84. The fourth-order valence-corrected chi connectivity index (χ4v) is 4.43. The Morgan fingerprint density at radius 1 is 1.12 bits per heavy atom. The number of rotatable bonds is 7. The van der Waals surface area contributed by atoms with Crippen LogP contribution in [0, 0.1) is 0 Å². The number of hydrogen-bond donors (Lipinski definition) is 1. The lowest BCUT2D eigenvalue weighted by Gasteiger charge is -2.12. The molecule has 0 unspecified atom stereocenters. The van der Waals surface area contributed by atoms with Crippen LogP contribution in [0.25, 0.3) is 22.0 Å². The van der Waals surface area contributed by atoms with Crippen molar-refractivity contribution in [3.05, 3.63) is 83.0 Å². The van der Waals surface area contributed by atoms with Gasteiger partial charge in [0.1, 0.15) is 17.2 Å². The molecule has 0 saturated heterocycles. The molecule has 0 aliphatic rings. The van der Waals surface area contributed by atoms with Crippen LogP contribution >= 0.6 is 11.3 Å². The van der Waals surface area contributed by atoms with E-state index in [-0.39, 0.29) is 5.75 Å². The highest BCUT2D eigenvalue weighted by Crippen LogP contribution is 2.34. The van der Waals surface area contributed by atoms with Crippen molar-refractivity contribution >= 4 is 27.8 Å². The minimum absolute atomic E-state index is 0.204. The van der Waals surface area contributed by atoms with Gasteiger partial charge in [-0.3, -0.25) is 4.99 Å². The molecule has 33 heavy (non-hydrogen) atoms. The van der Waals surface area contributed by atoms with Crippen molar-refractivity contribution in [1.29, 1.82) is 0 Å². The first-order valence-electron chi connectivity index (χ1n) is 10.4. The highest BCUT2D eigenvalue weighted by molar-refractivity contribution is 7.07. The van der Waals surface area contributed by atoms with E-state index in [1.807, 2.05) is 66.9 Å². The van der Waals surface area contributed by atoms with Crippen molar-refractivity contribution in [2.75, 3.05) is 20.8 Å². The molecule has 1 aromatic heterocycles. The van der Waals surface area contributed by atoms with Crippen LogP contribution in [-0.4, -0.2) is 36.3 Å². The number of phenols is 1. The Morgan fingerprint density at radius 2 is 1.94 bits per heavy atom. The molecular weight excluding hydrogens is 434 g/mol. The van der Waals surface area contributed by atoms with Crippen molar-refractivity contribution < 1.29 is 14.6 Å². The highest BCUT2D eigenvalue weighted by atomic mass is 32.1. The lowest BCUT2D eigenvalue weighted by atomic mass is 10.0. The standard InChI is InChI=1S/C26H25N3O3S/c1-5-14-27-26-29(23(16-33-26)22-15-19(31-3)11-13-24(22)32-4)28-17(2)20-12-10-18-8-6-7-9-21(18)25(20)30/h5-13,15-16,30H,1,14H2,2-4H3. The molecule has 0 aliphatic heterocycles. The van der Waals surface area contributed by atoms with E-state index < -0.39 is 0 Å². The molecule has 0 aliphatic carbocycles. The Labute approximate surface area is 196 Å². The second kappa shape index (κ2) is 9.75. The van der Waals surface area contributed by atoms with Crippen molar-refractivity contribution in [3.8, 4) is 28.5 Å². The number of nitrogens with zero attached hydrogens (tertiary/aromatic N) is 3. The van der Waals surface area contributed by atoms with Gasteiger partial charge >= 0.3 is 0 Å². The summed E-state index contributed by atoms with van der Waals surface area (Å²) >= 11 is 1.47. The molecule has 0 spiro atoms. The lowest BCUT2D eigenvalue weighted by molar-refractivity contribution is 0.404. The zero-order chi connectivity index (χ0) is 23.4. The van der Waals surface area contributed by atoms with E-state index in [1.165, 1.54) is 11.3 Å². The normalized spacial score (nSPS) is 12.2. The smallest absolute Gasteiger partial charge is 0.206 e. The Balaban J connectivity index is 1.92. The summed E-state index contributed by atoms with van der Waals surface area (Å²) in [5.74, 6) is 1.61. The highest BCUT2D eigenvalue weighted by Gasteiger charge is 2.16. The van der Waals surface area contributed by atoms with Crippen LogP contribution < -0.4 is 14.3 Å². The molecule has 4 rings (SSSR count). The summed E-state index contributed by atoms with van der Waals surface area (Å²) in [5, 5.41) is 19.5.